The second-order valence-corrected chi connectivity index (χ2v) is 6.73. The Labute approximate surface area is 154 Å². The monoisotopic (exact) mass is 366 g/mol. The molecule has 4 rings (SSSR count). The van der Waals surface area contributed by atoms with Gasteiger partial charge in [-0.3, -0.25) is 14.4 Å². The highest BCUT2D eigenvalue weighted by atomic mass is 32.2. The first kappa shape index (κ1) is 16.4. The van der Waals surface area contributed by atoms with E-state index in [0.29, 0.717) is 17.0 Å². The molecule has 26 heavy (non-hydrogen) atoms. The number of nitrogens with zero attached hydrogens (tertiary/aromatic N) is 2. The molecule has 0 atom stereocenters. The molecule has 2 heterocycles. The molecule has 0 radical (unpaired) electrons. The molecule has 7 heteroatoms. The molecule has 0 N–H and O–H groups in total. The summed E-state index contributed by atoms with van der Waals surface area (Å²) in [4.78, 5) is 41.0. The van der Waals surface area contributed by atoms with Crippen LogP contribution >= 0.6 is 11.8 Å². The zero-order chi connectivity index (χ0) is 18.4. The average Bonchev–Trinajstić information content (AvgIpc) is 3.08. The summed E-state index contributed by atoms with van der Waals surface area (Å²) in [6.07, 6.45) is 0. The summed E-state index contributed by atoms with van der Waals surface area (Å²) in [6.45, 7) is 0. The lowest BCUT2D eigenvalue weighted by molar-refractivity contribution is -0.115. The van der Waals surface area contributed by atoms with Gasteiger partial charge < -0.3 is 9.64 Å². The van der Waals surface area contributed by atoms with Crippen LogP contribution in [0.25, 0.3) is 5.57 Å². The molecular weight excluding hydrogens is 352 g/mol. The standard InChI is InChI=1S/C19H14N2O4S/c1-20-12-8-4-3-7-11(12)15(17(20)22)16-18(23)21(19(24)26-16)13-9-5-6-10-14(13)25-2/h3-10H,1-2H3/b16-15-. The number of hydrogen-bond donors (Lipinski definition) is 0. The van der Waals surface area contributed by atoms with Crippen molar-refractivity contribution in [2.45, 2.75) is 0 Å². The third-order valence-corrected chi connectivity index (χ3v) is 5.32. The molecule has 2 aliphatic heterocycles. The van der Waals surface area contributed by atoms with Gasteiger partial charge in [-0.25, -0.2) is 4.90 Å². The van der Waals surface area contributed by atoms with Gasteiger partial charge in [0.05, 0.1) is 29.0 Å². The van der Waals surface area contributed by atoms with E-state index in [1.807, 2.05) is 12.1 Å². The third kappa shape index (κ3) is 2.24. The first-order valence-electron chi connectivity index (χ1n) is 7.85. The van der Waals surface area contributed by atoms with E-state index in [1.165, 1.54) is 12.0 Å². The molecule has 6 nitrogen and oxygen atoms in total. The third-order valence-electron chi connectivity index (χ3n) is 4.38. The van der Waals surface area contributed by atoms with Crippen LogP contribution < -0.4 is 14.5 Å². The summed E-state index contributed by atoms with van der Waals surface area (Å²) in [6, 6.07) is 14.0. The predicted octanol–water partition coefficient (Wildman–Crippen LogP) is 3.28. The zero-order valence-corrected chi connectivity index (χ0v) is 14.9. The molecule has 0 bridgehead atoms. The Bertz CT molecular complexity index is 999. The van der Waals surface area contributed by atoms with Gasteiger partial charge in [0.1, 0.15) is 5.75 Å². The number of ether oxygens (including phenoxy) is 1. The number of carbonyl (C=O) groups excluding carboxylic acids is 3. The fourth-order valence-corrected chi connectivity index (χ4v) is 4.06. The first-order chi connectivity index (χ1) is 12.5. The minimum atomic E-state index is -0.516. The normalized spacial score (nSPS) is 19.4. The van der Waals surface area contributed by atoms with E-state index in [9.17, 15) is 14.4 Å². The molecule has 2 aliphatic rings. The van der Waals surface area contributed by atoms with Crippen molar-refractivity contribution in [3.63, 3.8) is 0 Å². The molecule has 0 aromatic heterocycles. The van der Waals surface area contributed by atoms with Crippen molar-refractivity contribution in [1.29, 1.82) is 0 Å². The highest BCUT2D eigenvalue weighted by Crippen LogP contribution is 2.46. The van der Waals surface area contributed by atoms with Gasteiger partial charge in [-0.15, -0.1) is 0 Å². The van der Waals surface area contributed by atoms with Crippen LogP contribution in [0.1, 0.15) is 5.56 Å². The molecule has 0 saturated carbocycles. The van der Waals surface area contributed by atoms with Crippen molar-refractivity contribution in [3.8, 4) is 5.75 Å². The van der Waals surface area contributed by atoms with Crippen LogP contribution in [-0.4, -0.2) is 31.2 Å². The van der Waals surface area contributed by atoms with Gasteiger partial charge >= 0.3 is 0 Å². The minimum absolute atomic E-state index is 0.141. The molecule has 0 unspecified atom stereocenters. The predicted molar refractivity (Wildman–Crippen MR) is 100 cm³/mol. The van der Waals surface area contributed by atoms with Crippen molar-refractivity contribution in [2.75, 3.05) is 24.0 Å². The molecular formula is C19H14N2O4S. The maximum atomic E-state index is 13.0. The Kier molecular flexibility index (Phi) is 3.81. The smallest absolute Gasteiger partial charge is 0.298 e. The molecule has 3 amide bonds. The number of carbonyl (C=O) groups is 3. The molecule has 2 aromatic carbocycles. The SMILES string of the molecule is COc1ccccc1N1C(=O)S/C(=C2\C(=O)N(C)c3ccccc32)C1=O. The number of methoxy groups -OCH3 is 1. The Balaban J connectivity index is 1.86. The second-order valence-electron chi connectivity index (χ2n) is 5.77. The Morgan fingerprint density at radius 2 is 1.54 bits per heavy atom. The number of benzene rings is 2. The number of fused-ring (bicyclic) bond motifs is 1. The van der Waals surface area contributed by atoms with Crippen LogP contribution in [0.4, 0.5) is 16.2 Å². The number of para-hydroxylation sites is 3. The summed E-state index contributed by atoms with van der Waals surface area (Å²) in [5.74, 6) is -0.397. The topological polar surface area (TPSA) is 66.9 Å². The summed E-state index contributed by atoms with van der Waals surface area (Å²) in [5, 5.41) is -0.457. The maximum Gasteiger partial charge on any atom is 0.298 e. The van der Waals surface area contributed by atoms with Gasteiger partial charge in [0.15, 0.2) is 0 Å². The molecule has 1 fully saturated rings. The van der Waals surface area contributed by atoms with Crippen LogP contribution in [0.3, 0.4) is 0 Å². The van der Waals surface area contributed by atoms with Gasteiger partial charge in [0.25, 0.3) is 17.1 Å². The van der Waals surface area contributed by atoms with Crippen molar-refractivity contribution in [1.82, 2.24) is 0 Å². The fourth-order valence-electron chi connectivity index (χ4n) is 3.13. The number of amides is 3. The van der Waals surface area contributed by atoms with Crippen molar-refractivity contribution >= 4 is 45.8 Å². The van der Waals surface area contributed by atoms with E-state index < -0.39 is 11.1 Å². The fraction of sp³-hybridized carbons (Fsp3) is 0.105. The number of imide groups is 1. The van der Waals surface area contributed by atoms with E-state index in [1.54, 1.807) is 43.4 Å². The zero-order valence-electron chi connectivity index (χ0n) is 14.1. The highest BCUT2D eigenvalue weighted by Gasteiger charge is 2.44. The molecule has 130 valence electrons. The van der Waals surface area contributed by atoms with Gasteiger partial charge in [-0.05, 0) is 30.0 Å². The van der Waals surface area contributed by atoms with Crippen LogP contribution in [-0.2, 0) is 9.59 Å². The Morgan fingerprint density at radius 3 is 2.27 bits per heavy atom. The highest BCUT2D eigenvalue weighted by molar-refractivity contribution is 8.19. The van der Waals surface area contributed by atoms with Crippen LogP contribution in [0.15, 0.2) is 53.4 Å². The van der Waals surface area contributed by atoms with E-state index in [0.717, 1.165) is 22.3 Å². The van der Waals surface area contributed by atoms with Gasteiger partial charge in [0.2, 0.25) is 0 Å². The summed E-state index contributed by atoms with van der Waals surface area (Å²) < 4.78 is 5.26. The first-order valence-corrected chi connectivity index (χ1v) is 8.67. The van der Waals surface area contributed by atoms with Crippen molar-refractivity contribution < 1.29 is 19.1 Å². The number of rotatable bonds is 2. The quantitative estimate of drug-likeness (QED) is 0.763. The van der Waals surface area contributed by atoms with Crippen molar-refractivity contribution in [2.24, 2.45) is 0 Å². The summed E-state index contributed by atoms with van der Waals surface area (Å²) in [7, 11) is 3.13. The Morgan fingerprint density at radius 1 is 0.885 bits per heavy atom. The lowest BCUT2D eigenvalue weighted by atomic mass is 10.1. The van der Waals surface area contributed by atoms with E-state index in [-0.39, 0.29) is 16.4 Å². The lowest BCUT2D eigenvalue weighted by Gasteiger charge is -2.15. The average molecular weight is 366 g/mol. The largest absolute Gasteiger partial charge is 0.495 e. The van der Waals surface area contributed by atoms with E-state index in [2.05, 4.69) is 0 Å². The number of anilines is 2. The van der Waals surface area contributed by atoms with E-state index >= 15 is 0 Å². The number of likely N-dealkylation sites (N-methyl/N-ethyl adjacent to an activating group) is 1. The Hall–Kier alpha value is -3.06. The molecule has 2 aromatic rings. The van der Waals surface area contributed by atoms with E-state index in [4.69, 9.17) is 4.74 Å². The summed E-state index contributed by atoms with van der Waals surface area (Å²) >= 11 is 0.776. The van der Waals surface area contributed by atoms with Crippen LogP contribution in [0.5, 0.6) is 5.75 Å². The summed E-state index contributed by atoms with van der Waals surface area (Å²) in [5.41, 5.74) is 2.01. The lowest BCUT2D eigenvalue weighted by Crippen LogP contribution is -2.29. The van der Waals surface area contributed by atoms with Crippen LogP contribution in [0, 0.1) is 0 Å². The van der Waals surface area contributed by atoms with Crippen molar-refractivity contribution in [3.05, 3.63) is 59.0 Å². The molecule has 0 aliphatic carbocycles. The van der Waals surface area contributed by atoms with Gasteiger partial charge in [-0.1, -0.05) is 30.3 Å². The van der Waals surface area contributed by atoms with Gasteiger partial charge in [-0.2, -0.15) is 0 Å². The maximum absolute atomic E-state index is 13.0. The molecule has 0 spiro atoms. The second kappa shape index (κ2) is 6.03. The molecule has 1 saturated heterocycles. The van der Waals surface area contributed by atoms with Gasteiger partial charge in [0, 0.05) is 12.6 Å². The number of thioether (sulfide) groups is 1. The number of hydrogen-bond acceptors (Lipinski definition) is 5. The minimum Gasteiger partial charge on any atom is -0.495 e. The van der Waals surface area contributed by atoms with Crippen LogP contribution in [0.2, 0.25) is 0 Å².